The molecule has 0 bridgehead atoms. The van der Waals surface area contributed by atoms with Crippen LogP contribution in [0.25, 0.3) is 0 Å². The van der Waals surface area contributed by atoms with Crippen LogP contribution in [0, 0.1) is 0 Å². The van der Waals surface area contributed by atoms with Gasteiger partial charge < -0.3 is 29.8 Å². The lowest BCUT2D eigenvalue weighted by molar-refractivity contribution is -0.154. The zero-order valence-corrected chi connectivity index (χ0v) is 14.0. The molecule has 1 aromatic heterocycles. The van der Waals surface area contributed by atoms with Gasteiger partial charge in [-0.05, 0) is 13.0 Å². The molecule has 2 aliphatic heterocycles. The van der Waals surface area contributed by atoms with E-state index in [1.807, 2.05) is 0 Å². The normalized spacial score (nSPS) is 28.7. The number of nitrogens with one attached hydrogen (secondary N) is 1. The van der Waals surface area contributed by atoms with Crippen molar-refractivity contribution in [2.75, 3.05) is 12.1 Å². The molecule has 0 spiro atoms. The largest absolute Gasteiger partial charge is 0.509 e. The van der Waals surface area contributed by atoms with Crippen molar-refractivity contribution in [1.29, 1.82) is 0 Å². The van der Waals surface area contributed by atoms with Crippen molar-refractivity contribution in [3.63, 3.8) is 0 Å². The second-order valence-corrected chi connectivity index (χ2v) is 5.99. The van der Waals surface area contributed by atoms with Gasteiger partial charge in [0, 0.05) is 6.20 Å². The molecule has 3 rings (SSSR count). The SMILES string of the molecule is C[C@H](O)[C@H](N)C(=O)OC[C@H]1O[C@@H](n2ccc(NO)nc2=O)[C@@H]2OC(=O)O[C@@H]21. The standard InChI is InChI=1S/C14H18N4O9/c1-5(19)8(15)12(20)24-4-6-9-10(27-14(22)26-9)11(25-6)18-3-2-7(17-23)16-13(18)21/h2-3,5-6,8-11,19,23H,4,15H2,1H3,(H,16,17,21)/t5-,6+,8-,9+,10+,11+/m0/s1. The highest BCUT2D eigenvalue weighted by molar-refractivity contribution is 5.76. The first kappa shape index (κ1) is 19.0. The summed E-state index contributed by atoms with van der Waals surface area (Å²) in [4.78, 5) is 38.9. The average molecular weight is 386 g/mol. The molecule has 2 aliphatic rings. The number of aromatic nitrogens is 2. The molecule has 2 saturated heterocycles. The van der Waals surface area contributed by atoms with Crippen LogP contribution in [-0.4, -0.2) is 69.1 Å². The average Bonchev–Trinajstić information content (AvgIpc) is 3.16. The Morgan fingerprint density at radius 1 is 1.44 bits per heavy atom. The van der Waals surface area contributed by atoms with E-state index in [4.69, 9.17) is 29.9 Å². The summed E-state index contributed by atoms with van der Waals surface area (Å²) in [5, 5.41) is 18.1. The van der Waals surface area contributed by atoms with Gasteiger partial charge in [-0.1, -0.05) is 0 Å². The van der Waals surface area contributed by atoms with E-state index in [-0.39, 0.29) is 12.4 Å². The summed E-state index contributed by atoms with van der Waals surface area (Å²) in [5.41, 5.74) is 6.44. The molecule has 148 valence electrons. The van der Waals surface area contributed by atoms with Crippen molar-refractivity contribution < 1.29 is 38.9 Å². The molecule has 0 saturated carbocycles. The number of rotatable bonds is 6. The van der Waals surface area contributed by atoms with Crippen LogP contribution in [0.5, 0.6) is 0 Å². The number of hydrogen-bond acceptors (Lipinski definition) is 12. The number of nitrogens with two attached hydrogens (primary N) is 1. The number of aliphatic hydroxyl groups is 1. The Kier molecular flexibility index (Phi) is 5.27. The van der Waals surface area contributed by atoms with E-state index in [0.717, 1.165) is 4.57 Å². The van der Waals surface area contributed by atoms with Crippen molar-refractivity contribution in [3.05, 3.63) is 22.7 Å². The van der Waals surface area contributed by atoms with E-state index < -0.39 is 54.5 Å². The van der Waals surface area contributed by atoms with Crippen LogP contribution >= 0.6 is 0 Å². The van der Waals surface area contributed by atoms with E-state index in [9.17, 15) is 19.5 Å². The third-order valence-electron chi connectivity index (χ3n) is 4.15. The van der Waals surface area contributed by atoms with Gasteiger partial charge in [0.05, 0.1) is 6.10 Å². The van der Waals surface area contributed by atoms with Gasteiger partial charge in [0.25, 0.3) is 0 Å². The summed E-state index contributed by atoms with van der Waals surface area (Å²) >= 11 is 0. The summed E-state index contributed by atoms with van der Waals surface area (Å²) in [6, 6.07) is 0.0533. The minimum atomic E-state index is -1.24. The summed E-state index contributed by atoms with van der Waals surface area (Å²) in [6.45, 7) is 0.993. The fourth-order valence-electron chi connectivity index (χ4n) is 2.71. The fourth-order valence-corrected chi connectivity index (χ4v) is 2.71. The van der Waals surface area contributed by atoms with Gasteiger partial charge >= 0.3 is 17.8 Å². The second-order valence-electron chi connectivity index (χ2n) is 5.99. The molecule has 27 heavy (non-hydrogen) atoms. The van der Waals surface area contributed by atoms with Gasteiger partial charge in [0.1, 0.15) is 18.8 Å². The second kappa shape index (κ2) is 7.48. The zero-order valence-electron chi connectivity index (χ0n) is 14.0. The van der Waals surface area contributed by atoms with Crippen molar-refractivity contribution >= 4 is 17.9 Å². The van der Waals surface area contributed by atoms with Crippen LogP contribution in [0.1, 0.15) is 13.2 Å². The van der Waals surface area contributed by atoms with Crippen LogP contribution in [0.2, 0.25) is 0 Å². The van der Waals surface area contributed by atoms with Gasteiger partial charge in [-0.3, -0.25) is 20.0 Å². The van der Waals surface area contributed by atoms with E-state index >= 15 is 0 Å². The topological polar surface area (TPSA) is 184 Å². The van der Waals surface area contributed by atoms with Gasteiger partial charge in [0.15, 0.2) is 24.3 Å². The van der Waals surface area contributed by atoms with Crippen LogP contribution in [0.3, 0.4) is 0 Å². The molecular weight excluding hydrogens is 368 g/mol. The van der Waals surface area contributed by atoms with Crippen LogP contribution in [-0.2, 0) is 23.7 Å². The lowest BCUT2D eigenvalue weighted by Gasteiger charge is -2.19. The molecular formula is C14H18N4O9. The monoisotopic (exact) mass is 386 g/mol. The zero-order chi connectivity index (χ0) is 19.7. The maximum Gasteiger partial charge on any atom is 0.509 e. The number of carbonyl (C=O) groups is 2. The Morgan fingerprint density at radius 3 is 2.78 bits per heavy atom. The third-order valence-corrected chi connectivity index (χ3v) is 4.15. The quantitative estimate of drug-likeness (QED) is 0.315. The highest BCUT2D eigenvalue weighted by Gasteiger charge is 2.55. The molecule has 5 N–H and O–H groups in total. The number of nitrogens with zero attached hydrogens (tertiary/aromatic N) is 2. The predicted molar refractivity (Wildman–Crippen MR) is 83.6 cm³/mol. The van der Waals surface area contributed by atoms with E-state index in [1.165, 1.54) is 19.2 Å². The third kappa shape index (κ3) is 3.71. The van der Waals surface area contributed by atoms with Gasteiger partial charge in [-0.2, -0.15) is 4.98 Å². The lowest BCUT2D eigenvalue weighted by atomic mass is 10.1. The van der Waals surface area contributed by atoms with E-state index in [0.29, 0.717) is 0 Å². The smallest absolute Gasteiger partial charge is 0.462 e. The molecule has 1 aromatic rings. The Labute approximate surface area is 151 Å². The highest BCUT2D eigenvalue weighted by Crippen LogP contribution is 2.37. The van der Waals surface area contributed by atoms with Crippen LogP contribution in [0.15, 0.2) is 17.1 Å². The Balaban J connectivity index is 1.75. The van der Waals surface area contributed by atoms with Crippen LogP contribution < -0.4 is 16.9 Å². The van der Waals surface area contributed by atoms with Crippen LogP contribution in [0.4, 0.5) is 10.6 Å². The number of ether oxygens (including phenoxy) is 4. The van der Waals surface area contributed by atoms with Gasteiger partial charge in [0.2, 0.25) is 0 Å². The number of aliphatic hydroxyl groups excluding tert-OH is 1. The van der Waals surface area contributed by atoms with E-state index in [2.05, 4.69) is 4.98 Å². The Bertz CT molecular complexity index is 782. The highest BCUT2D eigenvalue weighted by atomic mass is 16.8. The first-order valence-corrected chi connectivity index (χ1v) is 7.94. The molecule has 0 aliphatic carbocycles. The molecule has 0 aromatic carbocycles. The molecule has 3 heterocycles. The first-order valence-electron chi connectivity index (χ1n) is 7.94. The lowest BCUT2D eigenvalue weighted by Crippen LogP contribution is -2.43. The molecule has 0 amide bonds. The number of anilines is 1. The Hall–Kier alpha value is -2.74. The fraction of sp³-hybridized carbons (Fsp3) is 0.571. The maximum atomic E-state index is 12.1. The molecule has 2 fully saturated rings. The minimum absolute atomic E-state index is 0.0805. The number of fused-ring (bicyclic) bond motifs is 1. The number of esters is 1. The van der Waals surface area contributed by atoms with Crippen molar-refractivity contribution in [2.24, 2.45) is 5.73 Å². The molecule has 0 radical (unpaired) electrons. The molecule has 6 atom stereocenters. The summed E-state index contributed by atoms with van der Waals surface area (Å²) in [5.74, 6) is -0.945. The maximum absolute atomic E-state index is 12.1. The predicted octanol–water partition coefficient (Wildman–Crippen LogP) is -1.90. The van der Waals surface area contributed by atoms with Crippen molar-refractivity contribution in [3.8, 4) is 0 Å². The Morgan fingerprint density at radius 2 is 2.15 bits per heavy atom. The number of hydrogen-bond donors (Lipinski definition) is 4. The molecule has 0 unspecified atom stereocenters. The van der Waals surface area contributed by atoms with Gasteiger partial charge in [-0.25, -0.2) is 9.59 Å². The van der Waals surface area contributed by atoms with Crippen molar-refractivity contribution in [1.82, 2.24) is 9.55 Å². The number of carbonyl (C=O) groups excluding carboxylic acids is 2. The van der Waals surface area contributed by atoms with Crippen molar-refractivity contribution in [2.45, 2.75) is 43.6 Å². The summed E-state index contributed by atoms with van der Waals surface area (Å²) in [6.07, 6.45) is -4.70. The summed E-state index contributed by atoms with van der Waals surface area (Å²) < 4.78 is 21.8. The summed E-state index contributed by atoms with van der Waals surface area (Å²) in [7, 11) is 0. The molecule has 13 nitrogen and oxygen atoms in total. The van der Waals surface area contributed by atoms with Gasteiger partial charge in [-0.15, -0.1) is 0 Å². The van der Waals surface area contributed by atoms with E-state index in [1.54, 1.807) is 5.48 Å². The molecule has 13 heteroatoms. The minimum Gasteiger partial charge on any atom is -0.462 e. The first-order chi connectivity index (χ1) is 12.8.